The lowest BCUT2D eigenvalue weighted by molar-refractivity contribution is 0.112. The number of piperidine rings is 1. The third kappa shape index (κ3) is 5.59. The molecule has 3 saturated heterocycles. The summed E-state index contributed by atoms with van der Waals surface area (Å²) in [5, 5.41) is 3.54. The first-order valence-electron chi connectivity index (χ1n) is 10.3. The Balaban J connectivity index is 1.63. The maximum Gasteiger partial charge on any atom is 0.194 e. The van der Waals surface area contributed by atoms with Crippen LogP contribution in [0.5, 0.6) is 0 Å². The van der Waals surface area contributed by atoms with E-state index in [0.29, 0.717) is 29.9 Å². The van der Waals surface area contributed by atoms with Gasteiger partial charge in [-0.15, -0.1) is 0 Å². The van der Waals surface area contributed by atoms with Crippen molar-refractivity contribution < 1.29 is 13.2 Å². The second kappa shape index (κ2) is 8.91. The Labute approximate surface area is 158 Å². The number of ether oxygens (including phenoxy) is 1. The molecule has 0 spiro atoms. The summed E-state index contributed by atoms with van der Waals surface area (Å²) >= 11 is 0. The van der Waals surface area contributed by atoms with Crippen LogP contribution in [-0.2, 0) is 14.6 Å². The van der Waals surface area contributed by atoms with E-state index in [2.05, 4.69) is 24.1 Å². The van der Waals surface area contributed by atoms with Crippen LogP contribution in [0.15, 0.2) is 4.99 Å². The number of nitrogens with zero attached hydrogens (tertiary/aromatic N) is 2. The minimum atomic E-state index is -2.84. The van der Waals surface area contributed by atoms with Crippen molar-refractivity contribution in [2.24, 2.45) is 22.7 Å². The normalized spacial score (nSPS) is 32.3. The van der Waals surface area contributed by atoms with Crippen molar-refractivity contribution in [2.75, 3.05) is 44.3 Å². The highest BCUT2D eigenvalue weighted by molar-refractivity contribution is 7.91. The van der Waals surface area contributed by atoms with Gasteiger partial charge in [0.15, 0.2) is 15.8 Å². The van der Waals surface area contributed by atoms with E-state index < -0.39 is 9.84 Å². The Hall–Kier alpha value is -0.820. The molecular formula is C19H35N3O3S. The largest absolute Gasteiger partial charge is 0.376 e. The molecular weight excluding hydrogens is 350 g/mol. The minimum absolute atomic E-state index is 0.171. The summed E-state index contributed by atoms with van der Waals surface area (Å²) < 4.78 is 29.2. The van der Waals surface area contributed by atoms with Gasteiger partial charge in [0.05, 0.1) is 17.6 Å². The summed E-state index contributed by atoms with van der Waals surface area (Å²) in [6.07, 6.45) is 5.75. The zero-order valence-electron chi connectivity index (χ0n) is 16.3. The quantitative estimate of drug-likeness (QED) is 0.578. The van der Waals surface area contributed by atoms with Gasteiger partial charge in [-0.2, -0.15) is 0 Å². The lowest BCUT2D eigenvalue weighted by Crippen LogP contribution is -2.49. The molecule has 1 N–H and O–H groups in total. The molecule has 0 bridgehead atoms. The van der Waals surface area contributed by atoms with Crippen molar-refractivity contribution >= 4 is 15.8 Å². The molecule has 0 radical (unpaired) electrons. The topological polar surface area (TPSA) is 71.0 Å². The maximum atomic E-state index is 11.7. The molecule has 7 heteroatoms. The van der Waals surface area contributed by atoms with Gasteiger partial charge in [0.1, 0.15) is 0 Å². The van der Waals surface area contributed by atoms with Crippen LogP contribution in [0.3, 0.4) is 0 Å². The van der Waals surface area contributed by atoms with Gasteiger partial charge >= 0.3 is 0 Å². The van der Waals surface area contributed by atoms with E-state index in [-0.39, 0.29) is 12.0 Å². The first kappa shape index (κ1) is 19.9. The number of nitrogens with one attached hydrogen (secondary N) is 1. The Morgan fingerprint density at radius 1 is 1.27 bits per heavy atom. The summed E-state index contributed by atoms with van der Waals surface area (Å²) in [5.41, 5.74) is 0. The van der Waals surface area contributed by atoms with Crippen molar-refractivity contribution in [1.82, 2.24) is 10.2 Å². The predicted molar refractivity (Wildman–Crippen MR) is 105 cm³/mol. The van der Waals surface area contributed by atoms with Crippen molar-refractivity contribution in [2.45, 2.75) is 52.1 Å². The van der Waals surface area contributed by atoms with Crippen LogP contribution in [-0.4, -0.2) is 69.7 Å². The number of rotatable bonds is 5. The van der Waals surface area contributed by atoms with Crippen molar-refractivity contribution in [3.63, 3.8) is 0 Å². The van der Waals surface area contributed by atoms with E-state index in [4.69, 9.17) is 9.73 Å². The molecule has 0 aromatic carbocycles. The molecule has 3 heterocycles. The second-order valence-electron chi connectivity index (χ2n) is 8.54. The number of sulfone groups is 1. The monoisotopic (exact) mass is 385 g/mol. The lowest BCUT2D eigenvalue weighted by atomic mass is 9.88. The van der Waals surface area contributed by atoms with Gasteiger partial charge < -0.3 is 15.0 Å². The zero-order valence-corrected chi connectivity index (χ0v) is 17.1. The first-order valence-corrected chi connectivity index (χ1v) is 12.1. The van der Waals surface area contributed by atoms with E-state index >= 15 is 0 Å². The molecule has 26 heavy (non-hydrogen) atoms. The number of aliphatic imine (C=N–C) groups is 1. The summed E-state index contributed by atoms with van der Waals surface area (Å²) in [7, 11) is -2.84. The predicted octanol–water partition coefficient (Wildman–Crippen LogP) is 1.91. The minimum Gasteiger partial charge on any atom is -0.376 e. The van der Waals surface area contributed by atoms with Gasteiger partial charge in [0.25, 0.3) is 0 Å². The standard InChI is InChI=1S/C19H35N3O3S/c1-15(2)17-5-3-8-22(13-17)19(21-12-18-6-4-9-25-18)20-11-16-7-10-26(23,24)14-16/h15-18H,3-14H2,1-2H3,(H,20,21). The number of likely N-dealkylation sites (tertiary alicyclic amines) is 1. The summed E-state index contributed by atoms with van der Waals surface area (Å²) in [6.45, 7) is 8.93. The van der Waals surface area contributed by atoms with E-state index in [9.17, 15) is 8.42 Å². The highest BCUT2D eigenvalue weighted by Gasteiger charge is 2.29. The second-order valence-corrected chi connectivity index (χ2v) is 10.8. The highest BCUT2D eigenvalue weighted by Crippen LogP contribution is 2.24. The average Bonchev–Trinajstić information content (AvgIpc) is 3.24. The van der Waals surface area contributed by atoms with E-state index in [1.165, 1.54) is 12.8 Å². The van der Waals surface area contributed by atoms with Gasteiger partial charge in [-0.25, -0.2) is 8.42 Å². The van der Waals surface area contributed by atoms with Crippen LogP contribution in [0.2, 0.25) is 0 Å². The number of guanidine groups is 1. The summed E-state index contributed by atoms with van der Waals surface area (Å²) in [5.74, 6) is 3.12. The van der Waals surface area contributed by atoms with E-state index in [1.807, 2.05) is 0 Å². The van der Waals surface area contributed by atoms with Gasteiger partial charge in [0, 0.05) is 32.8 Å². The Bertz CT molecular complexity index is 585. The molecule has 3 unspecified atom stereocenters. The molecule has 3 aliphatic heterocycles. The third-order valence-electron chi connectivity index (χ3n) is 6.04. The maximum absolute atomic E-state index is 11.7. The molecule has 3 rings (SSSR count). The van der Waals surface area contributed by atoms with Crippen LogP contribution >= 0.6 is 0 Å². The van der Waals surface area contributed by atoms with Gasteiger partial charge in [-0.1, -0.05) is 13.8 Å². The molecule has 3 fully saturated rings. The number of hydrogen-bond acceptors (Lipinski definition) is 4. The van der Waals surface area contributed by atoms with Crippen LogP contribution in [0.4, 0.5) is 0 Å². The van der Waals surface area contributed by atoms with Crippen LogP contribution in [0.25, 0.3) is 0 Å². The van der Waals surface area contributed by atoms with E-state index in [0.717, 1.165) is 51.5 Å². The summed E-state index contributed by atoms with van der Waals surface area (Å²) in [4.78, 5) is 7.24. The molecule has 150 valence electrons. The number of hydrogen-bond donors (Lipinski definition) is 1. The van der Waals surface area contributed by atoms with Crippen LogP contribution in [0.1, 0.15) is 46.0 Å². The zero-order chi connectivity index (χ0) is 18.6. The molecule has 6 nitrogen and oxygen atoms in total. The van der Waals surface area contributed by atoms with Gasteiger partial charge in [-0.3, -0.25) is 4.99 Å². The van der Waals surface area contributed by atoms with E-state index in [1.54, 1.807) is 0 Å². The van der Waals surface area contributed by atoms with Gasteiger partial charge in [-0.05, 0) is 49.9 Å². The Morgan fingerprint density at radius 2 is 2.12 bits per heavy atom. The SMILES string of the molecule is CC(C)C1CCCN(C(=NCC2CCS(=O)(=O)C2)NCC2CCCO2)C1. The third-order valence-corrected chi connectivity index (χ3v) is 7.87. The van der Waals surface area contributed by atoms with Crippen molar-refractivity contribution in [3.05, 3.63) is 0 Å². The smallest absolute Gasteiger partial charge is 0.194 e. The van der Waals surface area contributed by atoms with Crippen LogP contribution in [0, 0.1) is 17.8 Å². The van der Waals surface area contributed by atoms with Gasteiger partial charge in [0.2, 0.25) is 0 Å². The molecule has 0 aromatic heterocycles. The summed E-state index contributed by atoms with van der Waals surface area (Å²) in [6, 6.07) is 0. The molecule has 0 aromatic rings. The Morgan fingerprint density at radius 3 is 2.77 bits per heavy atom. The Kier molecular flexibility index (Phi) is 6.83. The fourth-order valence-corrected chi connectivity index (χ4v) is 6.11. The molecule has 0 amide bonds. The lowest BCUT2D eigenvalue weighted by Gasteiger charge is -2.37. The van der Waals surface area contributed by atoms with Crippen LogP contribution < -0.4 is 5.32 Å². The molecule has 3 atom stereocenters. The average molecular weight is 386 g/mol. The molecule has 0 saturated carbocycles. The highest BCUT2D eigenvalue weighted by atomic mass is 32.2. The van der Waals surface area contributed by atoms with Crippen molar-refractivity contribution in [1.29, 1.82) is 0 Å². The first-order chi connectivity index (χ1) is 12.4. The molecule has 0 aliphatic carbocycles. The molecule has 3 aliphatic rings. The fourth-order valence-electron chi connectivity index (χ4n) is 4.26. The van der Waals surface area contributed by atoms with Crippen molar-refractivity contribution in [3.8, 4) is 0 Å². The fraction of sp³-hybridized carbons (Fsp3) is 0.947.